The van der Waals surface area contributed by atoms with Crippen molar-refractivity contribution in [3.8, 4) is 10.6 Å². The molecular formula is C19H15N3O3S2. The third kappa shape index (κ3) is 4.12. The number of nitrogens with one attached hydrogen (secondary N) is 1. The van der Waals surface area contributed by atoms with Crippen LogP contribution in [0.15, 0.2) is 51.3 Å². The standard InChI is InChI=1S/C19H15N3O3S2/c23-17(25-9-13-11-27-19(20-13)12-7-8-26-10-12)6-5-16-21-15-4-2-1-3-14(15)18(24)22-16/h1-4,7-8,10-11H,5-6,9H2,(H,21,22,24). The summed E-state index contributed by atoms with van der Waals surface area (Å²) in [6.45, 7) is 0.140. The van der Waals surface area contributed by atoms with E-state index in [9.17, 15) is 9.59 Å². The fourth-order valence-electron chi connectivity index (χ4n) is 2.59. The number of esters is 1. The number of ether oxygens (including phenoxy) is 1. The van der Waals surface area contributed by atoms with Crippen LogP contribution in [0.2, 0.25) is 0 Å². The molecule has 0 spiro atoms. The summed E-state index contributed by atoms with van der Waals surface area (Å²) >= 11 is 3.14. The van der Waals surface area contributed by atoms with Gasteiger partial charge in [-0.3, -0.25) is 9.59 Å². The first-order valence-electron chi connectivity index (χ1n) is 8.29. The molecule has 27 heavy (non-hydrogen) atoms. The molecule has 0 amide bonds. The van der Waals surface area contributed by atoms with E-state index in [4.69, 9.17) is 4.74 Å². The summed E-state index contributed by atoms with van der Waals surface area (Å²) in [5.74, 6) is 0.125. The molecule has 1 aromatic carbocycles. The van der Waals surface area contributed by atoms with Crippen molar-refractivity contribution >= 4 is 39.5 Å². The Balaban J connectivity index is 1.33. The fraction of sp³-hybridized carbons (Fsp3) is 0.158. The number of H-pyrrole nitrogens is 1. The molecule has 0 unspecified atom stereocenters. The summed E-state index contributed by atoms with van der Waals surface area (Å²) in [6.07, 6.45) is 0.457. The average molecular weight is 397 g/mol. The van der Waals surface area contributed by atoms with Crippen molar-refractivity contribution in [1.82, 2.24) is 15.0 Å². The number of benzene rings is 1. The van der Waals surface area contributed by atoms with E-state index in [0.29, 0.717) is 23.1 Å². The van der Waals surface area contributed by atoms with Crippen molar-refractivity contribution < 1.29 is 9.53 Å². The Morgan fingerprint density at radius 2 is 2.04 bits per heavy atom. The van der Waals surface area contributed by atoms with E-state index >= 15 is 0 Å². The van der Waals surface area contributed by atoms with Gasteiger partial charge in [-0.1, -0.05) is 12.1 Å². The molecule has 0 saturated heterocycles. The van der Waals surface area contributed by atoms with Gasteiger partial charge in [0.25, 0.3) is 5.56 Å². The van der Waals surface area contributed by atoms with E-state index in [1.807, 2.05) is 28.3 Å². The molecule has 3 aromatic heterocycles. The van der Waals surface area contributed by atoms with Gasteiger partial charge in [0.1, 0.15) is 17.4 Å². The molecule has 1 N–H and O–H groups in total. The molecule has 0 atom stereocenters. The summed E-state index contributed by atoms with van der Waals surface area (Å²) in [5.41, 5.74) is 2.22. The maximum absolute atomic E-state index is 12.0. The van der Waals surface area contributed by atoms with Crippen LogP contribution in [-0.4, -0.2) is 20.9 Å². The SMILES string of the molecule is O=C(CCc1nc2ccccc2c(=O)[nH]1)OCc1csc(-c2ccsc2)n1. The second-order valence-corrected chi connectivity index (χ2v) is 7.48. The number of aromatic nitrogens is 3. The molecule has 0 aliphatic rings. The van der Waals surface area contributed by atoms with Crippen molar-refractivity contribution in [1.29, 1.82) is 0 Å². The summed E-state index contributed by atoms with van der Waals surface area (Å²) in [5, 5.41) is 7.38. The molecule has 136 valence electrons. The summed E-state index contributed by atoms with van der Waals surface area (Å²) in [4.78, 5) is 35.6. The number of thiophene rings is 1. The maximum atomic E-state index is 12.0. The molecule has 8 heteroatoms. The van der Waals surface area contributed by atoms with Crippen molar-refractivity contribution in [3.05, 3.63) is 68.3 Å². The van der Waals surface area contributed by atoms with Gasteiger partial charge >= 0.3 is 5.97 Å². The lowest BCUT2D eigenvalue weighted by Gasteiger charge is -2.04. The van der Waals surface area contributed by atoms with Gasteiger partial charge in [0, 0.05) is 22.7 Å². The van der Waals surface area contributed by atoms with Crippen molar-refractivity contribution in [3.63, 3.8) is 0 Å². The number of hydrogen-bond acceptors (Lipinski definition) is 7. The Labute approximate surface area is 162 Å². The Morgan fingerprint density at radius 3 is 2.89 bits per heavy atom. The number of para-hydroxylation sites is 1. The molecule has 4 rings (SSSR count). The van der Waals surface area contributed by atoms with E-state index in [0.717, 1.165) is 16.3 Å². The van der Waals surface area contributed by atoms with Crippen LogP contribution in [0, 0.1) is 0 Å². The summed E-state index contributed by atoms with van der Waals surface area (Å²) in [7, 11) is 0. The van der Waals surface area contributed by atoms with Crippen molar-refractivity contribution in [2.45, 2.75) is 19.4 Å². The zero-order valence-corrected chi connectivity index (χ0v) is 15.8. The van der Waals surface area contributed by atoms with Gasteiger partial charge in [0.05, 0.1) is 23.0 Å². The van der Waals surface area contributed by atoms with E-state index in [1.165, 1.54) is 11.3 Å². The Bertz CT molecular complexity index is 1130. The van der Waals surface area contributed by atoms with E-state index in [2.05, 4.69) is 15.0 Å². The largest absolute Gasteiger partial charge is 0.459 e. The number of aryl methyl sites for hydroxylation is 1. The van der Waals surface area contributed by atoms with Crippen LogP contribution in [0.4, 0.5) is 0 Å². The van der Waals surface area contributed by atoms with Gasteiger partial charge in [0.15, 0.2) is 0 Å². The third-order valence-electron chi connectivity index (χ3n) is 3.93. The molecule has 4 aromatic rings. The van der Waals surface area contributed by atoms with Crippen LogP contribution in [0.5, 0.6) is 0 Å². The highest BCUT2D eigenvalue weighted by molar-refractivity contribution is 7.14. The number of hydrogen-bond donors (Lipinski definition) is 1. The quantitative estimate of drug-likeness (QED) is 0.501. The maximum Gasteiger partial charge on any atom is 0.306 e. The minimum Gasteiger partial charge on any atom is -0.459 e. The molecule has 6 nitrogen and oxygen atoms in total. The topological polar surface area (TPSA) is 84.9 Å². The molecular weight excluding hydrogens is 382 g/mol. The predicted molar refractivity (Wildman–Crippen MR) is 106 cm³/mol. The van der Waals surface area contributed by atoms with Crippen LogP contribution in [0.25, 0.3) is 21.5 Å². The number of thiazole rings is 1. The first-order chi connectivity index (χ1) is 13.2. The lowest BCUT2D eigenvalue weighted by molar-refractivity contribution is -0.145. The monoisotopic (exact) mass is 397 g/mol. The zero-order valence-electron chi connectivity index (χ0n) is 14.2. The van der Waals surface area contributed by atoms with Crippen LogP contribution in [0.3, 0.4) is 0 Å². The minimum absolute atomic E-state index is 0.140. The highest BCUT2D eigenvalue weighted by Crippen LogP contribution is 2.25. The number of carbonyl (C=O) groups is 1. The van der Waals surface area contributed by atoms with E-state index in [1.54, 1.807) is 29.5 Å². The lowest BCUT2D eigenvalue weighted by Crippen LogP contribution is -2.14. The van der Waals surface area contributed by atoms with Gasteiger partial charge in [-0.05, 0) is 23.6 Å². The van der Waals surface area contributed by atoms with Crippen LogP contribution < -0.4 is 5.56 Å². The lowest BCUT2D eigenvalue weighted by atomic mass is 10.2. The second-order valence-electron chi connectivity index (χ2n) is 5.85. The normalized spacial score (nSPS) is 11.0. The molecule has 0 radical (unpaired) electrons. The Hall–Kier alpha value is -2.84. The van der Waals surface area contributed by atoms with Gasteiger partial charge in [-0.2, -0.15) is 11.3 Å². The average Bonchev–Trinajstić information content (AvgIpc) is 3.36. The van der Waals surface area contributed by atoms with Gasteiger partial charge in [0.2, 0.25) is 0 Å². The molecule has 0 bridgehead atoms. The number of rotatable bonds is 6. The third-order valence-corrected chi connectivity index (χ3v) is 5.55. The van der Waals surface area contributed by atoms with Crippen LogP contribution in [0.1, 0.15) is 17.9 Å². The smallest absolute Gasteiger partial charge is 0.306 e. The number of carbonyl (C=O) groups excluding carboxylic acids is 1. The Kier molecular flexibility index (Phi) is 5.08. The number of fused-ring (bicyclic) bond motifs is 1. The molecule has 0 aliphatic carbocycles. The number of aromatic amines is 1. The minimum atomic E-state index is -0.351. The van der Waals surface area contributed by atoms with Crippen LogP contribution in [-0.2, 0) is 22.6 Å². The zero-order chi connectivity index (χ0) is 18.6. The first kappa shape index (κ1) is 17.6. The van der Waals surface area contributed by atoms with Gasteiger partial charge in [-0.25, -0.2) is 9.97 Å². The Morgan fingerprint density at radius 1 is 1.15 bits per heavy atom. The molecule has 0 fully saturated rings. The molecule has 3 heterocycles. The predicted octanol–water partition coefficient (Wildman–Crippen LogP) is 3.78. The highest BCUT2D eigenvalue weighted by Gasteiger charge is 2.10. The van der Waals surface area contributed by atoms with Gasteiger partial charge in [-0.15, -0.1) is 11.3 Å². The van der Waals surface area contributed by atoms with Gasteiger partial charge < -0.3 is 9.72 Å². The summed E-state index contributed by atoms with van der Waals surface area (Å²) in [6, 6.07) is 9.12. The van der Waals surface area contributed by atoms with Crippen LogP contribution >= 0.6 is 22.7 Å². The van der Waals surface area contributed by atoms with E-state index in [-0.39, 0.29) is 24.6 Å². The van der Waals surface area contributed by atoms with E-state index < -0.39 is 0 Å². The van der Waals surface area contributed by atoms with Crippen molar-refractivity contribution in [2.75, 3.05) is 0 Å². The summed E-state index contributed by atoms with van der Waals surface area (Å²) < 4.78 is 5.29. The second kappa shape index (κ2) is 7.81. The molecule has 0 saturated carbocycles. The van der Waals surface area contributed by atoms with Crippen molar-refractivity contribution in [2.24, 2.45) is 0 Å². The highest BCUT2D eigenvalue weighted by atomic mass is 32.1. The molecule has 0 aliphatic heterocycles. The fourth-order valence-corrected chi connectivity index (χ4v) is 4.11. The first-order valence-corrected chi connectivity index (χ1v) is 10.1. The number of nitrogens with zero attached hydrogens (tertiary/aromatic N) is 2.